The van der Waals surface area contributed by atoms with Gasteiger partial charge in [0.25, 0.3) is 0 Å². The summed E-state index contributed by atoms with van der Waals surface area (Å²) in [5, 5.41) is 5.48. The molecule has 178 valence electrons. The number of benzene rings is 2. The molecule has 4 rings (SSSR count). The number of sulfonamides is 1. The maximum Gasteiger partial charge on any atom is 0.319 e. The maximum absolute atomic E-state index is 13.1. The van der Waals surface area contributed by atoms with Crippen molar-refractivity contribution in [3.63, 3.8) is 0 Å². The van der Waals surface area contributed by atoms with Crippen LogP contribution in [0.5, 0.6) is 11.5 Å². The van der Waals surface area contributed by atoms with Crippen molar-refractivity contribution in [1.82, 2.24) is 14.5 Å². The van der Waals surface area contributed by atoms with Gasteiger partial charge in [-0.15, -0.1) is 0 Å². The van der Waals surface area contributed by atoms with E-state index in [1.54, 1.807) is 12.1 Å². The number of amides is 2. The van der Waals surface area contributed by atoms with Crippen LogP contribution < -0.4 is 20.1 Å². The van der Waals surface area contributed by atoms with E-state index in [4.69, 9.17) is 9.47 Å². The van der Waals surface area contributed by atoms with Crippen LogP contribution in [0.25, 0.3) is 0 Å². The number of fused-ring (bicyclic) bond motifs is 1. The summed E-state index contributed by atoms with van der Waals surface area (Å²) in [5.41, 5.74) is 1.65. The van der Waals surface area contributed by atoms with Gasteiger partial charge in [0.05, 0.1) is 4.90 Å². The first-order valence-electron chi connectivity index (χ1n) is 11.1. The fourth-order valence-corrected chi connectivity index (χ4v) is 5.18. The number of hydrogen-bond acceptors (Lipinski definition) is 6. The molecule has 0 unspecified atom stereocenters. The minimum Gasteiger partial charge on any atom is -0.454 e. The molecule has 1 fully saturated rings. The fourth-order valence-electron chi connectivity index (χ4n) is 3.76. The van der Waals surface area contributed by atoms with Gasteiger partial charge < -0.3 is 20.1 Å². The molecule has 2 aliphatic rings. The van der Waals surface area contributed by atoms with Crippen molar-refractivity contribution < 1.29 is 22.7 Å². The third kappa shape index (κ3) is 5.76. The first-order valence-corrected chi connectivity index (χ1v) is 12.5. The number of anilines is 1. The van der Waals surface area contributed by atoms with Crippen molar-refractivity contribution in [3.8, 4) is 11.5 Å². The van der Waals surface area contributed by atoms with Gasteiger partial charge in [0.2, 0.25) is 16.8 Å². The second-order valence-electron chi connectivity index (χ2n) is 8.62. The Bertz CT molecular complexity index is 1080. The van der Waals surface area contributed by atoms with Crippen LogP contribution in [-0.4, -0.2) is 63.2 Å². The molecule has 33 heavy (non-hydrogen) atoms. The zero-order valence-electron chi connectivity index (χ0n) is 18.9. The molecule has 0 spiro atoms. The average molecular weight is 475 g/mol. The van der Waals surface area contributed by atoms with Crippen LogP contribution in [-0.2, 0) is 16.6 Å². The van der Waals surface area contributed by atoms with E-state index in [1.165, 1.54) is 16.4 Å². The summed E-state index contributed by atoms with van der Waals surface area (Å²) in [6.07, 6.45) is 0. The van der Waals surface area contributed by atoms with Crippen LogP contribution in [0.2, 0.25) is 0 Å². The van der Waals surface area contributed by atoms with Gasteiger partial charge in [-0.3, -0.25) is 4.90 Å². The van der Waals surface area contributed by atoms with Gasteiger partial charge in [0, 0.05) is 45.0 Å². The predicted molar refractivity (Wildman–Crippen MR) is 125 cm³/mol. The third-order valence-electron chi connectivity index (χ3n) is 5.60. The molecule has 2 heterocycles. The average Bonchev–Trinajstić information content (AvgIpc) is 3.26. The number of hydrogen-bond donors (Lipinski definition) is 2. The molecule has 0 atom stereocenters. The molecule has 9 nitrogen and oxygen atoms in total. The van der Waals surface area contributed by atoms with Gasteiger partial charge in [0.15, 0.2) is 11.5 Å². The Labute approximate surface area is 194 Å². The number of ether oxygens (including phenoxy) is 2. The third-order valence-corrected chi connectivity index (χ3v) is 7.51. The Morgan fingerprint density at radius 3 is 2.39 bits per heavy atom. The van der Waals surface area contributed by atoms with Crippen molar-refractivity contribution in [3.05, 3.63) is 48.0 Å². The monoisotopic (exact) mass is 474 g/mol. The minimum absolute atomic E-state index is 0.222. The zero-order chi connectivity index (χ0) is 23.4. The number of urea groups is 1. The lowest BCUT2D eigenvalue weighted by molar-refractivity contribution is 0.173. The lowest BCUT2D eigenvalue weighted by Crippen LogP contribution is -2.48. The molecular formula is C23H30N4O5S. The van der Waals surface area contributed by atoms with Crippen LogP contribution in [0.4, 0.5) is 10.5 Å². The first kappa shape index (κ1) is 23.3. The van der Waals surface area contributed by atoms with Crippen LogP contribution in [0.3, 0.4) is 0 Å². The molecule has 0 aliphatic carbocycles. The zero-order valence-corrected chi connectivity index (χ0v) is 19.7. The number of piperazine rings is 1. The predicted octanol–water partition coefficient (Wildman–Crippen LogP) is 2.70. The first-order chi connectivity index (χ1) is 15.8. The Balaban J connectivity index is 1.30. The second-order valence-corrected chi connectivity index (χ2v) is 10.6. The maximum atomic E-state index is 13.1. The number of rotatable bonds is 7. The SMILES string of the molecule is CC(C)CNC(=O)Nc1ccc(S(=O)(=O)N2CCN(Cc3ccc4c(c3)OCO4)CC2)cc1. The summed E-state index contributed by atoms with van der Waals surface area (Å²) in [6, 6.07) is 11.9. The summed E-state index contributed by atoms with van der Waals surface area (Å²) in [5.74, 6) is 1.86. The van der Waals surface area contributed by atoms with E-state index in [2.05, 4.69) is 15.5 Å². The highest BCUT2D eigenvalue weighted by atomic mass is 32.2. The minimum atomic E-state index is -3.59. The van der Waals surface area contributed by atoms with Gasteiger partial charge in [-0.05, 0) is 47.9 Å². The molecule has 10 heteroatoms. The van der Waals surface area contributed by atoms with Gasteiger partial charge in [0.1, 0.15) is 0 Å². The van der Waals surface area contributed by atoms with Crippen LogP contribution >= 0.6 is 0 Å². The number of nitrogens with zero attached hydrogens (tertiary/aromatic N) is 2. The Hall–Kier alpha value is -2.82. The van der Waals surface area contributed by atoms with Crippen molar-refractivity contribution in [1.29, 1.82) is 0 Å². The van der Waals surface area contributed by atoms with Gasteiger partial charge in [-0.2, -0.15) is 4.31 Å². The van der Waals surface area contributed by atoms with E-state index in [9.17, 15) is 13.2 Å². The highest BCUT2D eigenvalue weighted by molar-refractivity contribution is 7.89. The second kappa shape index (κ2) is 9.98. The lowest BCUT2D eigenvalue weighted by atomic mass is 10.2. The van der Waals surface area contributed by atoms with Crippen molar-refractivity contribution in [2.75, 3.05) is 44.8 Å². The summed E-state index contributed by atoms with van der Waals surface area (Å²) in [7, 11) is -3.59. The van der Waals surface area contributed by atoms with Gasteiger partial charge >= 0.3 is 6.03 Å². The normalized spacial score (nSPS) is 16.7. The quantitative estimate of drug-likeness (QED) is 0.640. The highest BCUT2D eigenvalue weighted by Gasteiger charge is 2.28. The standard InChI is InChI=1S/C23H30N4O5S/c1-17(2)14-24-23(28)25-19-4-6-20(7-5-19)33(29,30)27-11-9-26(10-12-27)15-18-3-8-21-22(13-18)32-16-31-21/h3-8,13,17H,9-12,14-16H2,1-2H3,(H2,24,25,28). The summed E-state index contributed by atoms with van der Waals surface area (Å²) >= 11 is 0. The fraction of sp³-hybridized carbons (Fsp3) is 0.435. The van der Waals surface area contributed by atoms with Crippen LogP contribution in [0.15, 0.2) is 47.4 Å². The van der Waals surface area contributed by atoms with E-state index in [0.717, 1.165) is 23.6 Å². The molecular weight excluding hydrogens is 444 g/mol. The Kier molecular flexibility index (Phi) is 7.06. The largest absolute Gasteiger partial charge is 0.454 e. The summed E-state index contributed by atoms with van der Waals surface area (Å²) in [6.45, 7) is 7.69. The van der Waals surface area contributed by atoms with E-state index in [-0.39, 0.29) is 17.7 Å². The molecule has 0 aromatic heterocycles. The van der Waals surface area contributed by atoms with Gasteiger partial charge in [-0.25, -0.2) is 13.2 Å². The van der Waals surface area contributed by atoms with Crippen LogP contribution in [0.1, 0.15) is 19.4 Å². The Morgan fingerprint density at radius 1 is 1.00 bits per heavy atom. The molecule has 2 aliphatic heterocycles. The Morgan fingerprint density at radius 2 is 1.70 bits per heavy atom. The summed E-state index contributed by atoms with van der Waals surface area (Å²) < 4.78 is 38.4. The molecule has 2 aromatic rings. The van der Waals surface area contributed by atoms with E-state index in [0.29, 0.717) is 44.3 Å². The van der Waals surface area contributed by atoms with E-state index in [1.807, 2.05) is 32.0 Å². The van der Waals surface area contributed by atoms with E-state index < -0.39 is 10.0 Å². The molecule has 2 amide bonds. The molecule has 0 saturated carbocycles. The summed E-state index contributed by atoms with van der Waals surface area (Å²) in [4.78, 5) is 14.3. The molecule has 0 bridgehead atoms. The van der Waals surface area contributed by atoms with Crippen molar-refractivity contribution in [2.24, 2.45) is 5.92 Å². The van der Waals surface area contributed by atoms with E-state index >= 15 is 0 Å². The number of nitrogens with one attached hydrogen (secondary N) is 2. The molecule has 0 radical (unpaired) electrons. The molecule has 2 aromatic carbocycles. The lowest BCUT2D eigenvalue weighted by Gasteiger charge is -2.34. The number of carbonyl (C=O) groups is 1. The number of carbonyl (C=O) groups excluding carboxylic acids is 1. The highest BCUT2D eigenvalue weighted by Crippen LogP contribution is 2.33. The topological polar surface area (TPSA) is 100 Å². The molecule has 2 N–H and O–H groups in total. The smallest absolute Gasteiger partial charge is 0.319 e. The van der Waals surface area contributed by atoms with Crippen molar-refractivity contribution in [2.45, 2.75) is 25.3 Å². The van der Waals surface area contributed by atoms with Gasteiger partial charge in [-0.1, -0.05) is 19.9 Å². The van der Waals surface area contributed by atoms with Crippen LogP contribution in [0, 0.1) is 5.92 Å². The molecule has 1 saturated heterocycles. The van der Waals surface area contributed by atoms with Crippen molar-refractivity contribution >= 4 is 21.7 Å².